The summed E-state index contributed by atoms with van der Waals surface area (Å²) < 4.78 is 6.70. The molecule has 258 valence electrons. The first-order valence-electron chi connectivity index (χ1n) is 15.4. The van der Waals surface area contributed by atoms with E-state index in [4.69, 9.17) is 4.74 Å². The molecule has 7 N–H and O–H groups in total. The Morgan fingerprint density at radius 1 is 0.960 bits per heavy atom. The molecule has 16 heteroatoms. The number of nitrogens with one attached hydrogen (secondary N) is 2. The normalized spacial score (nSPS) is 21.3. The average Bonchev–Trinajstić information content (AvgIpc) is 3.57. The molecule has 15 nitrogen and oxygen atoms in total. The van der Waals surface area contributed by atoms with E-state index in [9.17, 15) is 45.0 Å². The molecule has 2 amide bonds. The second-order valence-electron chi connectivity index (χ2n) is 11.8. The number of ether oxygens (including phenoxy) is 1. The Bertz CT molecular complexity index is 1740. The third-order valence-corrected chi connectivity index (χ3v) is 8.27. The first kappa shape index (κ1) is 38.6. The van der Waals surface area contributed by atoms with Crippen LogP contribution in [-0.4, -0.2) is 102 Å². The molecular formula is C34H36N5NaO10. The second kappa shape index (κ2) is 17.2. The van der Waals surface area contributed by atoms with Crippen molar-refractivity contribution in [3.63, 3.8) is 0 Å². The third kappa shape index (κ3) is 9.12. The number of aliphatic hydroxyl groups is 4. The molecule has 1 aromatic heterocycles. The number of carboxylic acids is 1. The molecule has 0 bridgehead atoms. The third-order valence-electron chi connectivity index (χ3n) is 8.27. The van der Waals surface area contributed by atoms with E-state index in [0.717, 1.165) is 21.4 Å². The number of hydrogen-bond donors (Lipinski definition) is 7. The number of carboxylic acid groups (broad SMARTS) is 1. The molecule has 2 heterocycles. The summed E-state index contributed by atoms with van der Waals surface area (Å²) in [6, 6.07) is 21.4. The molecule has 3 aromatic carbocycles. The van der Waals surface area contributed by atoms with E-state index >= 15 is 0 Å². The van der Waals surface area contributed by atoms with Gasteiger partial charge in [-0.05, 0) is 34.4 Å². The molecule has 4 aromatic rings. The van der Waals surface area contributed by atoms with Gasteiger partial charge in [-0.3, -0.25) is 9.59 Å². The fraction of sp³-hybridized carbons (Fsp3) is 0.324. The van der Waals surface area contributed by atoms with Crippen molar-refractivity contribution in [1.29, 1.82) is 0 Å². The predicted octanol–water partition coefficient (Wildman–Crippen LogP) is -4.64. The molecule has 1 aliphatic heterocycles. The fourth-order valence-electron chi connectivity index (χ4n) is 5.68. The smallest absolute Gasteiger partial charge is 0.545 e. The number of carbonyl (C=O) groups is 3. The van der Waals surface area contributed by atoms with Gasteiger partial charge in [0, 0.05) is 19.4 Å². The molecule has 0 radical (unpaired) electrons. The monoisotopic (exact) mass is 697 g/mol. The van der Waals surface area contributed by atoms with Gasteiger partial charge in [0.1, 0.15) is 24.6 Å². The van der Waals surface area contributed by atoms with E-state index < -0.39 is 73.5 Å². The molecule has 1 fully saturated rings. The Labute approximate surface area is 308 Å². The molecule has 0 saturated carbocycles. The van der Waals surface area contributed by atoms with Gasteiger partial charge in [0.15, 0.2) is 0 Å². The predicted molar refractivity (Wildman–Crippen MR) is 169 cm³/mol. The number of aromatic nitrogens is 3. The first-order valence-corrected chi connectivity index (χ1v) is 15.4. The number of carbonyl (C=O) groups excluding carboxylic acids is 3. The van der Waals surface area contributed by atoms with Crippen molar-refractivity contribution in [3.8, 4) is 16.9 Å². The molecule has 6 atom stereocenters. The summed E-state index contributed by atoms with van der Waals surface area (Å²) in [6.07, 6.45) is -6.44. The topological polar surface area (TPSA) is 239 Å². The van der Waals surface area contributed by atoms with Crippen LogP contribution in [0.1, 0.15) is 23.2 Å². The van der Waals surface area contributed by atoms with Gasteiger partial charge in [0.2, 0.25) is 17.5 Å². The van der Waals surface area contributed by atoms with Crippen LogP contribution in [0.4, 0.5) is 0 Å². The van der Waals surface area contributed by atoms with Crippen molar-refractivity contribution in [2.45, 2.75) is 55.4 Å². The van der Waals surface area contributed by atoms with E-state index in [1.54, 1.807) is 36.4 Å². The van der Waals surface area contributed by atoms with Crippen LogP contribution in [0, 0.1) is 0 Å². The summed E-state index contributed by atoms with van der Waals surface area (Å²) in [4.78, 5) is 37.5. The molecular weight excluding hydrogens is 661 g/mol. The summed E-state index contributed by atoms with van der Waals surface area (Å²) in [7, 11) is 0. The summed E-state index contributed by atoms with van der Waals surface area (Å²) in [5.41, 5.74) is 1.08. The number of hydrogen-bond acceptors (Lipinski definition) is 12. The van der Waals surface area contributed by atoms with Crippen LogP contribution in [-0.2, 0) is 37.7 Å². The van der Waals surface area contributed by atoms with E-state index in [1.807, 2.05) is 42.5 Å². The fourth-order valence-corrected chi connectivity index (χ4v) is 5.68. The second-order valence-corrected chi connectivity index (χ2v) is 11.8. The number of aromatic hydroxyl groups is 1. The maximum Gasteiger partial charge on any atom is 1.00 e. The number of phenolic OH excluding ortho intramolecular Hbond substituents is 1. The van der Waals surface area contributed by atoms with E-state index in [0.29, 0.717) is 11.3 Å². The molecule has 1 aliphatic rings. The van der Waals surface area contributed by atoms with Gasteiger partial charge >= 0.3 is 29.6 Å². The van der Waals surface area contributed by atoms with Gasteiger partial charge in [-0.25, -0.2) is 4.68 Å². The molecule has 0 unspecified atom stereocenters. The van der Waals surface area contributed by atoms with E-state index in [-0.39, 0.29) is 48.1 Å². The Balaban J connectivity index is 0.00000562. The molecule has 0 aliphatic carbocycles. The average molecular weight is 698 g/mol. The number of benzene rings is 3. The Hall–Kier alpha value is -4.19. The van der Waals surface area contributed by atoms with Gasteiger partial charge in [-0.1, -0.05) is 71.9 Å². The standard InChI is InChI=1S/C34H37N5O10.Na/c40-19-29(45)36-30-26(42)16-34(33(47)48,39-18-24(37-38-39)14-20-4-2-1-3-5-20)49-32(30)31(46)27(43)17-35-28(44)15-21-6-8-22(9-7-21)23-10-12-25(41)13-11-23;/h1-13,18,26-27,30-32,40-43,46H,14-17,19H2,(H,35,44)(H,36,45)(H,47,48);/q;+1/p-1/t26-,27+,30+,31+,32+,34+;/m0./s1. The zero-order valence-corrected chi connectivity index (χ0v) is 29.1. The molecule has 50 heavy (non-hydrogen) atoms. The van der Waals surface area contributed by atoms with Crippen LogP contribution in [0.15, 0.2) is 85.1 Å². The van der Waals surface area contributed by atoms with Gasteiger partial charge in [-0.2, -0.15) is 0 Å². The van der Waals surface area contributed by atoms with Crippen molar-refractivity contribution in [2.75, 3.05) is 13.2 Å². The van der Waals surface area contributed by atoms with Crippen LogP contribution < -0.4 is 45.3 Å². The van der Waals surface area contributed by atoms with Gasteiger partial charge < -0.3 is 50.8 Å². The summed E-state index contributed by atoms with van der Waals surface area (Å²) in [5.74, 6) is -3.17. The van der Waals surface area contributed by atoms with Crippen molar-refractivity contribution in [3.05, 3.63) is 102 Å². The number of rotatable bonds is 13. The van der Waals surface area contributed by atoms with Crippen molar-refractivity contribution in [2.24, 2.45) is 0 Å². The minimum atomic E-state index is -2.53. The Morgan fingerprint density at radius 2 is 1.60 bits per heavy atom. The van der Waals surface area contributed by atoms with Crippen molar-refractivity contribution >= 4 is 17.8 Å². The van der Waals surface area contributed by atoms with Crippen LogP contribution in [0.25, 0.3) is 11.1 Å². The number of aliphatic hydroxyl groups excluding tert-OH is 4. The minimum Gasteiger partial charge on any atom is -0.545 e. The SMILES string of the molecule is O=C(Cc1ccc(-c2ccc(O)cc2)cc1)NC[C@@H](O)[C@@H](O)[C@@H]1O[C@](C(=O)[O-])(n2cc(Cc3ccccc3)nn2)C[C@H](O)[C@H]1NC(=O)CO.[Na+]. The van der Waals surface area contributed by atoms with E-state index in [2.05, 4.69) is 20.9 Å². The molecule has 0 spiro atoms. The maximum absolute atomic E-state index is 12.7. The van der Waals surface area contributed by atoms with Crippen molar-refractivity contribution in [1.82, 2.24) is 25.6 Å². The van der Waals surface area contributed by atoms with Crippen LogP contribution in [0.2, 0.25) is 0 Å². The van der Waals surface area contributed by atoms with Crippen molar-refractivity contribution < 1.29 is 79.3 Å². The zero-order chi connectivity index (χ0) is 35.1. The number of phenols is 1. The van der Waals surface area contributed by atoms with Crippen LogP contribution in [0.3, 0.4) is 0 Å². The van der Waals surface area contributed by atoms with Gasteiger partial charge in [-0.15, -0.1) is 5.10 Å². The van der Waals surface area contributed by atoms with Crippen LogP contribution >= 0.6 is 0 Å². The number of nitrogens with zero attached hydrogens (tertiary/aromatic N) is 3. The van der Waals surface area contributed by atoms with E-state index in [1.165, 1.54) is 6.20 Å². The first-order chi connectivity index (χ1) is 23.5. The minimum absolute atomic E-state index is 0. The van der Waals surface area contributed by atoms with Gasteiger partial charge in [0.25, 0.3) is 0 Å². The zero-order valence-electron chi connectivity index (χ0n) is 27.1. The van der Waals surface area contributed by atoms with Gasteiger partial charge in [0.05, 0.1) is 42.5 Å². The number of aliphatic carboxylic acids is 1. The summed E-state index contributed by atoms with van der Waals surface area (Å²) >= 11 is 0. The largest absolute Gasteiger partial charge is 1.00 e. The Morgan fingerprint density at radius 3 is 2.22 bits per heavy atom. The number of amides is 2. The van der Waals surface area contributed by atoms with Crippen LogP contribution in [0.5, 0.6) is 5.75 Å². The molecule has 1 saturated heterocycles. The summed E-state index contributed by atoms with van der Waals surface area (Å²) in [5, 5.41) is 77.4. The maximum atomic E-state index is 12.7. The molecule has 5 rings (SSSR count). The quantitative estimate of drug-likeness (QED) is 0.0653. The summed E-state index contributed by atoms with van der Waals surface area (Å²) in [6.45, 7) is -1.50. The Kier molecular flexibility index (Phi) is 13.2.